The van der Waals surface area contributed by atoms with Gasteiger partial charge in [0.05, 0.1) is 11.5 Å². The quantitative estimate of drug-likeness (QED) is 0.822. The zero-order valence-corrected chi connectivity index (χ0v) is 10.9. The fourth-order valence-corrected chi connectivity index (χ4v) is 2.72. The number of benzene rings is 1. The van der Waals surface area contributed by atoms with E-state index >= 15 is 0 Å². The summed E-state index contributed by atoms with van der Waals surface area (Å²) < 4.78 is 28.7. The van der Waals surface area contributed by atoms with Gasteiger partial charge >= 0.3 is 0 Å². The van der Waals surface area contributed by atoms with Gasteiger partial charge in [0.2, 0.25) is 5.91 Å². The molecule has 1 N–H and O–H groups in total. The molecule has 98 valence electrons. The summed E-state index contributed by atoms with van der Waals surface area (Å²) in [5.41, 5.74) is 0.986. The van der Waals surface area contributed by atoms with E-state index in [4.69, 9.17) is 4.18 Å². The first kappa shape index (κ1) is 13.0. The Morgan fingerprint density at radius 3 is 2.56 bits per heavy atom. The zero-order chi connectivity index (χ0) is 13.2. The Bertz CT molecular complexity index is 536. The summed E-state index contributed by atoms with van der Waals surface area (Å²) in [6, 6.07) is 6.47. The van der Waals surface area contributed by atoms with Crippen LogP contribution in [0.2, 0.25) is 0 Å². The number of amides is 1. The van der Waals surface area contributed by atoms with Crippen molar-refractivity contribution in [1.82, 2.24) is 5.32 Å². The van der Waals surface area contributed by atoms with Crippen LogP contribution in [0.5, 0.6) is 0 Å². The van der Waals surface area contributed by atoms with E-state index in [0.717, 1.165) is 5.56 Å². The van der Waals surface area contributed by atoms with Crippen LogP contribution in [0.1, 0.15) is 12.0 Å². The lowest BCUT2D eigenvalue weighted by atomic mass is 10.1. The van der Waals surface area contributed by atoms with Gasteiger partial charge in [0.15, 0.2) is 0 Å². The lowest BCUT2D eigenvalue weighted by Crippen LogP contribution is -2.17. The average Bonchev–Trinajstić information content (AvgIpc) is 2.73. The Hall–Kier alpha value is -1.40. The van der Waals surface area contributed by atoms with Crippen molar-refractivity contribution in [2.45, 2.75) is 18.2 Å². The minimum absolute atomic E-state index is 0.0367. The molecule has 1 amide bonds. The van der Waals surface area contributed by atoms with Crippen LogP contribution in [0.25, 0.3) is 0 Å². The van der Waals surface area contributed by atoms with Crippen LogP contribution in [-0.2, 0) is 19.1 Å². The summed E-state index contributed by atoms with van der Waals surface area (Å²) >= 11 is 0. The minimum atomic E-state index is -3.72. The lowest BCUT2D eigenvalue weighted by molar-refractivity contribution is -0.119. The number of aryl methyl sites for hydroxylation is 1. The molecule has 1 atom stereocenters. The van der Waals surface area contributed by atoms with Gasteiger partial charge in [0.1, 0.15) is 0 Å². The molecule has 1 aromatic rings. The topological polar surface area (TPSA) is 72.5 Å². The molecule has 0 bridgehead atoms. The first-order chi connectivity index (χ1) is 8.47. The maximum Gasteiger partial charge on any atom is 0.296 e. The van der Waals surface area contributed by atoms with Crippen molar-refractivity contribution in [1.29, 1.82) is 0 Å². The highest BCUT2D eigenvalue weighted by Crippen LogP contribution is 2.16. The Morgan fingerprint density at radius 2 is 2.00 bits per heavy atom. The van der Waals surface area contributed by atoms with Crippen LogP contribution in [0.4, 0.5) is 0 Å². The second-order valence-corrected chi connectivity index (χ2v) is 6.04. The summed E-state index contributed by atoms with van der Waals surface area (Å²) in [6.45, 7) is 2.39. The predicted molar refractivity (Wildman–Crippen MR) is 65.4 cm³/mol. The molecule has 2 rings (SSSR count). The molecule has 0 unspecified atom stereocenters. The predicted octanol–water partition coefficient (Wildman–Crippen LogP) is 0.836. The van der Waals surface area contributed by atoms with Crippen molar-refractivity contribution in [3.05, 3.63) is 29.8 Å². The Balaban J connectivity index is 1.99. The number of rotatable bonds is 4. The number of hydrogen-bond acceptors (Lipinski definition) is 4. The van der Waals surface area contributed by atoms with Crippen molar-refractivity contribution in [2.75, 3.05) is 13.2 Å². The van der Waals surface area contributed by atoms with E-state index in [1.807, 2.05) is 6.92 Å². The maximum atomic E-state index is 11.9. The van der Waals surface area contributed by atoms with E-state index in [-0.39, 0.29) is 23.3 Å². The van der Waals surface area contributed by atoms with E-state index in [2.05, 4.69) is 5.32 Å². The van der Waals surface area contributed by atoms with Crippen LogP contribution in [0.3, 0.4) is 0 Å². The van der Waals surface area contributed by atoms with E-state index in [0.29, 0.717) is 13.0 Å². The van der Waals surface area contributed by atoms with Gasteiger partial charge < -0.3 is 5.32 Å². The van der Waals surface area contributed by atoms with E-state index in [1.54, 1.807) is 12.1 Å². The molecule has 18 heavy (non-hydrogen) atoms. The highest BCUT2D eigenvalue weighted by molar-refractivity contribution is 7.86. The molecule has 1 aromatic carbocycles. The molecule has 0 radical (unpaired) electrons. The van der Waals surface area contributed by atoms with Gasteiger partial charge in [-0.3, -0.25) is 8.98 Å². The molecular formula is C12H15NO4S. The van der Waals surface area contributed by atoms with Gasteiger partial charge in [-0.25, -0.2) is 0 Å². The molecule has 0 aromatic heterocycles. The van der Waals surface area contributed by atoms with Gasteiger partial charge in [-0.15, -0.1) is 0 Å². The van der Waals surface area contributed by atoms with Crippen LogP contribution in [0, 0.1) is 12.8 Å². The minimum Gasteiger partial charge on any atom is -0.356 e. The van der Waals surface area contributed by atoms with Crippen molar-refractivity contribution in [3.63, 3.8) is 0 Å². The molecule has 1 aliphatic rings. The van der Waals surface area contributed by atoms with E-state index in [9.17, 15) is 13.2 Å². The number of carbonyl (C=O) groups is 1. The molecule has 0 saturated carbocycles. The second kappa shape index (κ2) is 5.07. The van der Waals surface area contributed by atoms with E-state index in [1.165, 1.54) is 12.1 Å². The first-order valence-corrected chi connectivity index (χ1v) is 7.11. The van der Waals surface area contributed by atoms with Crippen molar-refractivity contribution in [2.24, 2.45) is 5.92 Å². The number of hydrogen-bond donors (Lipinski definition) is 1. The Morgan fingerprint density at radius 1 is 1.33 bits per heavy atom. The van der Waals surface area contributed by atoms with Crippen molar-refractivity contribution in [3.8, 4) is 0 Å². The summed E-state index contributed by atoms with van der Waals surface area (Å²) in [7, 11) is -3.72. The van der Waals surface area contributed by atoms with Crippen LogP contribution in [-0.4, -0.2) is 27.5 Å². The van der Waals surface area contributed by atoms with Crippen LogP contribution < -0.4 is 5.32 Å². The summed E-state index contributed by atoms with van der Waals surface area (Å²) in [5.74, 6) is -0.131. The summed E-state index contributed by atoms with van der Waals surface area (Å²) in [5, 5.41) is 2.64. The molecular weight excluding hydrogens is 254 g/mol. The smallest absolute Gasteiger partial charge is 0.296 e. The Kier molecular flexibility index (Phi) is 3.68. The second-order valence-electron chi connectivity index (χ2n) is 4.43. The SMILES string of the molecule is Cc1ccc(S(=O)(=O)OC[C@H]2CNC(=O)C2)cc1. The zero-order valence-electron chi connectivity index (χ0n) is 10.0. The Labute approximate surface area is 106 Å². The normalized spacial score (nSPS) is 19.8. The van der Waals surface area contributed by atoms with Crippen LogP contribution in [0.15, 0.2) is 29.2 Å². The fraction of sp³-hybridized carbons (Fsp3) is 0.417. The van der Waals surface area contributed by atoms with Gasteiger partial charge in [-0.05, 0) is 19.1 Å². The van der Waals surface area contributed by atoms with Crippen LogP contribution >= 0.6 is 0 Å². The third-order valence-electron chi connectivity index (χ3n) is 2.83. The fourth-order valence-electron chi connectivity index (χ4n) is 1.74. The van der Waals surface area contributed by atoms with Gasteiger partial charge in [0, 0.05) is 18.9 Å². The standard InChI is InChI=1S/C12H15NO4S/c1-9-2-4-11(5-3-9)18(15,16)17-8-10-6-12(14)13-7-10/h2-5,10H,6-8H2,1H3,(H,13,14)/t10-/m1/s1. The monoisotopic (exact) mass is 269 g/mol. The third-order valence-corrected chi connectivity index (χ3v) is 4.13. The molecule has 1 fully saturated rings. The largest absolute Gasteiger partial charge is 0.356 e. The molecule has 1 heterocycles. The number of nitrogens with one attached hydrogen (secondary N) is 1. The lowest BCUT2D eigenvalue weighted by Gasteiger charge is -2.09. The molecule has 0 aliphatic carbocycles. The van der Waals surface area contributed by atoms with Crippen molar-refractivity contribution < 1.29 is 17.4 Å². The van der Waals surface area contributed by atoms with E-state index < -0.39 is 10.1 Å². The third kappa shape index (κ3) is 3.08. The highest BCUT2D eigenvalue weighted by Gasteiger charge is 2.24. The molecule has 5 nitrogen and oxygen atoms in total. The molecule has 1 aliphatic heterocycles. The summed E-state index contributed by atoms with van der Waals surface area (Å²) in [4.78, 5) is 11.1. The van der Waals surface area contributed by atoms with Gasteiger partial charge in [-0.2, -0.15) is 8.42 Å². The number of carbonyl (C=O) groups excluding carboxylic acids is 1. The highest BCUT2D eigenvalue weighted by atomic mass is 32.2. The van der Waals surface area contributed by atoms with Crippen molar-refractivity contribution >= 4 is 16.0 Å². The average molecular weight is 269 g/mol. The van der Waals surface area contributed by atoms with Gasteiger partial charge in [-0.1, -0.05) is 17.7 Å². The molecule has 0 spiro atoms. The summed E-state index contributed by atoms with van der Waals surface area (Å²) in [6.07, 6.45) is 0.323. The maximum absolute atomic E-state index is 11.9. The van der Waals surface area contributed by atoms with Gasteiger partial charge in [0.25, 0.3) is 10.1 Å². The first-order valence-electron chi connectivity index (χ1n) is 5.70. The molecule has 1 saturated heterocycles. The molecule has 6 heteroatoms.